The Hall–Kier alpha value is -1.59. The monoisotopic (exact) mass is 266 g/mol. The van der Waals surface area contributed by atoms with Crippen LogP contribution in [0.3, 0.4) is 0 Å². The highest BCUT2D eigenvalue weighted by molar-refractivity contribution is 6.32. The second-order valence-electron chi connectivity index (χ2n) is 3.78. The first-order valence-corrected chi connectivity index (χ1v) is 6.08. The van der Waals surface area contributed by atoms with Gasteiger partial charge in [-0.05, 0) is 19.2 Å². The number of nitrogens with one attached hydrogen (secondary N) is 1. The number of hydrogen-bond donors (Lipinski definition) is 1. The van der Waals surface area contributed by atoms with Crippen molar-refractivity contribution in [1.82, 2.24) is 20.3 Å². The Morgan fingerprint density at radius 1 is 1.39 bits per heavy atom. The molecule has 1 heterocycles. The molecule has 0 saturated carbocycles. The fourth-order valence-corrected chi connectivity index (χ4v) is 1.71. The molecule has 0 saturated heterocycles. The maximum atomic E-state index is 5.98. The third-order valence-corrected chi connectivity index (χ3v) is 2.67. The molecule has 0 spiro atoms. The minimum atomic E-state index is 0.506. The van der Waals surface area contributed by atoms with E-state index in [1.54, 1.807) is 10.7 Å². The molecular formula is C12H15ClN4O. The molecule has 0 aliphatic carbocycles. The lowest BCUT2D eigenvalue weighted by atomic mass is 10.3. The Bertz CT molecular complexity index is 500. The summed E-state index contributed by atoms with van der Waals surface area (Å²) in [5, 5.41) is 11.7. The van der Waals surface area contributed by atoms with Crippen LogP contribution in [0.15, 0.2) is 30.5 Å². The molecule has 2 aromatic rings. The van der Waals surface area contributed by atoms with Crippen molar-refractivity contribution in [3.63, 3.8) is 0 Å². The minimum absolute atomic E-state index is 0.506. The van der Waals surface area contributed by atoms with Gasteiger partial charge in [-0.2, -0.15) is 0 Å². The summed E-state index contributed by atoms with van der Waals surface area (Å²) in [7, 11) is 1.87. The van der Waals surface area contributed by atoms with Crippen molar-refractivity contribution in [1.29, 1.82) is 0 Å². The van der Waals surface area contributed by atoms with E-state index in [9.17, 15) is 0 Å². The SMILES string of the molecule is CNCc1cn(CCOc2ccccc2Cl)nn1. The third-order valence-electron chi connectivity index (χ3n) is 2.36. The van der Waals surface area contributed by atoms with Gasteiger partial charge in [-0.1, -0.05) is 28.9 Å². The number of benzene rings is 1. The number of aromatic nitrogens is 3. The Morgan fingerprint density at radius 2 is 2.22 bits per heavy atom. The number of para-hydroxylation sites is 1. The van der Waals surface area contributed by atoms with Crippen molar-refractivity contribution in [2.75, 3.05) is 13.7 Å². The molecule has 0 amide bonds. The van der Waals surface area contributed by atoms with Gasteiger partial charge in [-0.3, -0.25) is 0 Å². The Labute approximate surface area is 111 Å². The molecule has 0 atom stereocenters. The van der Waals surface area contributed by atoms with Crippen LogP contribution in [-0.4, -0.2) is 28.6 Å². The van der Waals surface area contributed by atoms with Gasteiger partial charge in [0.15, 0.2) is 0 Å². The summed E-state index contributed by atoms with van der Waals surface area (Å²) < 4.78 is 7.33. The second-order valence-corrected chi connectivity index (χ2v) is 4.19. The molecule has 0 unspecified atom stereocenters. The molecular weight excluding hydrogens is 252 g/mol. The lowest BCUT2D eigenvalue weighted by Crippen LogP contribution is -2.09. The largest absolute Gasteiger partial charge is 0.490 e. The third kappa shape index (κ3) is 3.45. The van der Waals surface area contributed by atoms with Gasteiger partial charge in [-0.15, -0.1) is 5.10 Å². The summed E-state index contributed by atoms with van der Waals surface area (Å²) in [6.07, 6.45) is 1.90. The summed E-state index contributed by atoms with van der Waals surface area (Å²) >= 11 is 5.98. The van der Waals surface area contributed by atoms with E-state index in [2.05, 4.69) is 15.6 Å². The molecule has 0 aliphatic rings. The maximum Gasteiger partial charge on any atom is 0.137 e. The van der Waals surface area contributed by atoms with Crippen LogP contribution in [0, 0.1) is 0 Å². The van der Waals surface area contributed by atoms with E-state index in [4.69, 9.17) is 16.3 Å². The smallest absolute Gasteiger partial charge is 0.137 e. The normalized spacial score (nSPS) is 10.6. The first kappa shape index (κ1) is 12.9. The number of halogens is 1. The molecule has 1 aromatic carbocycles. The summed E-state index contributed by atoms with van der Waals surface area (Å²) in [5.41, 5.74) is 0.912. The molecule has 2 rings (SSSR count). The van der Waals surface area contributed by atoms with Crippen LogP contribution in [0.1, 0.15) is 5.69 Å². The van der Waals surface area contributed by atoms with Gasteiger partial charge in [0, 0.05) is 12.7 Å². The van der Waals surface area contributed by atoms with Crippen molar-refractivity contribution in [2.24, 2.45) is 0 Å². The number of hydrogen-bond acceptors (Lipinski definition) is 4. The highest BCUT2D eigenvalue weighted by Gasteiger charge is 2.01. The Morgan fingerprint density at radius 3 is 3.00 bits per heavy atom. The molecule has 6 heteroatoms. The van der Waals surface area contributed by atoms with Gasteiger partial charge in [0.05, 0.1) is 17.3 Å². The minimum Gasteiger partial charge on any atom is -0.490 e. The Kier molecular flexibility index (Phi) is 4.55. The van der Waals surface area contributed by atoms with Crippen LogP contribution >= 0.6 is 11.6 Å². The first-order chi connectivity index (χ1) is 8.79. The first-order valence-electron chi connectivity index (χ1n) is 5.70. The average Bonchev–Trinajstić information content (AvgIpc) is 2.80. The number of rotatable bonds is 6. The van der Waals surface area contributed by atoms with Crippen molar-refractivity contribution >= 4 is 11.6 Å². The number of ether oxygens (including phenoxy) is 1. The van der Waals surface area contributed by atoms with E-state index in [-0.39, 0.29) is 0 Å². The van der Waals surface area contributed by atoms with Gasteiger partial charge in [0.25, 0.3) is 0 Å². The highest BCUT2D eigenvalue weighted by atomic mass is 35.5. The van der Waals surface area contributed by atoms with E-state index in [0.717, 1.165) is 5.69 Å². The molecule has 96 valence electrons. The molecule has 0 radical (unpaired) electrons. The van der Waals surface area contributed by atoms with Crippen LogP contribution in [0.5, 0.6) is 5.75 Å². The summed E-state index contributed by atoms with van der Waals surface area (Å²) in [6.45, 7) is 1.86. The zero-order chi connectivity index (χ0) is 12.8. The predicted octanol–water partition coefficient (Wildman–Crippen LogP) is 1.73. The molecule has 0 bridgehead atoms. The average molecular weight is 267 g/mol. The van der Waals surface area contributed by atoms with Gasteiger partial charge in [0.2, 0.25) is 0 Å². The van der Waals surface area contributed by atoms with Crippen LogP contribution in [0.25, 0.3) is 0 Å². The lowest BCUT2D eigenvalue weighted by molar-refractivity contribution is 0.290. The lowest BCUT2D eigenvalue weighted by Gasteiger charge is -2.07. The van der Waals surface area contributed by atoms with Crippen molar-refractivity contribution in [3.05, 3.63) is 41.2 Å². The van der Waals surface area contributed by atoms with Crippen LogP contribution in [0.4, 0.5) is 0 Å². The van der Waals surface area contributed by atoms with Crippen molar-refractivity contribution in [2.45, 2.75) is 13.1 Å². The van der Waals surface area contributed by atoms with Crippen molar-refractivity contribution < 1.29 is 4.74 Å². The van der Waals surface area contributed by atoms with E-state index < -0.39 is 0 Å². The van der Waals surface area contributed by atoms with Crippen molar-refractivity contribution in [3.8, 4) is 5.75 Å². The fourth-order valence-electron chi connectivity index (χ4n) is 1.52. The zero-order valence-electron chi connectivity index (χ0n) is 10.1. The second kappa shape index (κ2) is 6.37. The maximum absolute atomic E-state index is 5.98. The standard InChI is InChI=1S/C12H15ClN4O/c1-14-8-10-9-17(16-15-10)6-7-18-12-5-3-2-4-11(12)13/h2-5,9,14H,6-8H2,1H3. The molecule has 1 aromatic heterocycles. The molecule has 1 N–H and O–H groups in total. The molecule has 18 heavy (non-hydrogen) atoms. The zero-order valence-corrected chi connectivity index (χ0v) is 10.9. The molecule has 5 nitrogen and oxygen atoms in total. The van der Waals surface area contributed by atoms with Gasteiger partial charge >= 0.3 is 0 Å². The van der Waals surface area contributed by atoms with Crippen LogP contribution < -0.4 is 10.1 Å². The summed E-state index contributed by atoms with van der Waals surface area (Å²) in [5.74, 6) is 0.690. The van der Waals surface area contributed by atoms with Crippen LogP contribution in [0.2, 0.25) is 5.02 Å². The molecule has 0 fully saturated rings. The van der Waals surface area contributed by atoms with Gasteiger partial charge < -0.3 is 10.1 Å². The van der Waals surface area contributed by atoms with Gasteiger partial charge in [-0.25, -0.2) is 4.68 Å². The Balaban J connectivity index is 1.83. The van der Waals surface area contributed by atoms with Crippen LogP contribution in [-0.2, 0) is 13.1 Å². The van der Waals surface area contributed by atoms with Gasteiger partial charge in [0.1, 0.15) is 12.4 Å². The van der Waals surface area contributed by atoms with E-state index >= 15 is 0 Å². The predicted molar refractivity (Wildman–Crippen MR) is 69.7 cm³/mol. The van der Waals surface area contributed by atoms with E-state index in [1.165, 1.54) is 0 Å². The highest BCUT2D eigenvalue weighted by Crippen LogP contribution is 2.22. The van der Waals surface area contributed by atoms with E-state index in [1.807, 2.05) is 31.4 Å². The molecule has 0 aliphatic heterocycles. The number of nitrogens with zero attached hydrogens (tertiary/aromatic N) is 3. The topological polar surface area (TPSA) is 52.0 Å². The fraction of sp³-hybridized carbons (Fsp3) is 0.333. The summed E-state index contributed by atoms with van der Waals surface area (Å²) in [6, 6.07) is 7.41. The summed E-state index contributed by atoms with van der Waals surface area (Å²) in [4.78, 5) is 0. The van der Waals surface area contributed by atoms with E-state index in [0.29, 0.717) is 30.5 Å². The quantitative estimate of drug-likeness (QED) is 0.865.